The van der Waals surface area contributed by atoms with Crippen LogP contribution in [-0.4, -0.2) is 36.7 Å². The number of alkyl halides is 3. The molecule has 1 aromatic rings. The molecule has 3 aliphatic carbocycles. The lowest BCUT2D eigenvalue weighted by Crippen LogP contribution is -2.47. The van der Waals surface area contributed by atoms with Gasteiger partial charge in [-0.2, -0.15) is 13.2 Å². The van der Waals surface area contributed by atoms with E-state index in [4.69, 9.17) is 16.3 Å². The number of amides is 2. The summed E-state index contributed by atoms with van der Waals surface area (Å²) in [6.45, 7) is -0.163. The minimum absolute atomic E-state index is 0.135. The Bertz CT molecular complexity index is 780. The number of hydrogen-bond donors (Lipinski definition) is 2. The first-order chi connectivity index (χ1) is 13.2. The fourth-order valence-corrected chi connectivity index (χ4v) is 4.24. The summed E-state index contributed by atoms with van der Waals surface area (Å²) in [6.07, 6.45) is -3.56. The van der Waals surface area contributed by atoms with Gasteiger partial charge in [-0.1, -0.05) is 11.6 Å². The Morgan fingerprint density at radius 1 is 1.07 bits per heavy atom. The molecule has 0 aromatic heterocycles. The summed E-state index contributed by atoms with van der Waals surface area (Å²) in [6, 6.07) is 6.14. The van der Waals surface area contributed by atoms with E-state index in [9.17, 15) is 22.8 Å². The lowest BCUT2D eigenvalue weighted by molar-refractivity contribution is -0.192. The Hall–Kier alpha value is -1.96. The van der Waals surface area contributed by atoms with E-state index in [0.29, 0.717) is 17.2 Å². The fourth-order valence-electron chi connectivity index (χ4n) is 4.12. The van der Waals surface area contributed by atoms with Crippen molar-refractivity contribution in [2.24, 2.45) is 17.3 Å². The third-order valence-corrected chi connectivity index (χ3v) is 6.26. The molecule has 4 atom stereocenters. The molecule has 1 aromatic carbocycles. The first kappa shape index (κ1) is 19.4. The highest BCUT2D eigenvalue weighted by atomic mass is 35.5. The van der Waals surface area contributed by atoms with Gasteiger partial charge in [0.1, 0.15) is 11.2 Å². The number of ether oxygens (including phenoxy) is 1. The Morgan fingerprint density at radius 3 is 2.25 bits per heavy atom. The molecule has 5 nitrogen and oxygen atoms in total. The van der Waals surface area contributed by atoms with Crippen LogP contribution in [0.2, 0.25) is 5.02 Å². The zero-order valence-corrected chi connectivity index (χ0v) is 15.6. The molecule has 0 bridgehead atoms. The molecule has 28 heavy (non-hydrogen) atoms. The molecule has 152 valence electrons. The van der Waals surface area contributed by atoms with Crippen LogP contribution < -0.4 is 15.4 Å². The van der Waals surface area contributed by atoms with Crippen LogP contribution >= 0.6 is 11.6 Å². The van der Waals surface area contributed by atoms with Gasteiger partial charge in [-0.3, -0.25) is 9.59 Å². The summed E-state index contributed by atoms with van der Waals surface area (Å²) in [4.78, 5) is 24.3. The predicted octanol–water partition coefficient (Wildman–Crippen LogP) is 3.07. The first-order valence-corrected chi connectivity index (χ1v) is 9.63. The largest absolute Gasteiger partial charge is 0.484 e. The number of carbonyl (C=O) groups excluding carboxylic acids is 2. The molecule has 3 saturated carbocycles. The average molecular weight is 417 g/mol. The van der Waals surface area contributed by atoms with Crippen molar-refractivity contribution >= 4 is 23.4 Å². The second-order valence-electron chi connectivity index (χ2n) is 7.88. The number of nitrogens with one attached hydrogen (secondary N) is 2. The van der Waals surface area contributed by atoms with Gasteiger partial charge >= 0.3 is 6.18 Å². The van der Waals surface area contributed by atoms with E-state index in [1.807, 2.05) is 0 Å². The molecule has 0 saturated heterocycles. The number of carbonyl (C=O) groups is 2. The van der Waals surface area contributed by atoms with Crippen molar-refractivity contribution in [3.63, 3.8) is 0 Å². The van der Waals surface area contributed by atoms with E-state index in [0.717, 1.165) is 6.42 Å². The standard InChI is InChI=1S/C19H20ClF3N2O3/c20-10-1-3-11(4-2-10)28-9-16(26)24-14-8-15(13-7-12(13)14)25-17(27)18(5-6-18)19(21,22)23/h1-4,12-15H,5-9H2,(H,24,26)(H,25,27)/t12?,13?,14-,15+/m0/s1. The van der Waals surface area contributed by atoms with Crippen LogP contribution in [0.5, 0.6) is 5.75 Å². The molecular weight excluding hydrogens is 397 g/mol. The van der Waals surface area contributed by atoms with Gasteiger partial charge < -0.3 is 15.4 Å². The van der Waals surface area contributed by atoms with Crippen molar-refractivity contribution in [3.05, 3.63) is 29.3 Å². The Balaban J connectivity index is 1.26. The Kier molecular flexibility index (Phi) is 4.72. The van der Waals surface area contributed by atoms with E-state index in [1.165, 1.54) is 0 Å². The number of fused-ring (bicyclic) bond motifs is 1. The Morgan fingerprint density at radius 2 is 1.68 bits per heavy atom. The van der Waals surface area contributed by atoms with Crippen LogP contribution in [0.1, 0.15) is 25.7 Å². The van der Waals surface area contributed by atoms with Crippen molar-refractivity contribution in [1.29, 1.82) is 0 Å². The van der Waals surface area contributed by atoms with Gasteiger partial charge in [-0.15, -0.1) is 0 Å². The maximum atomic E-state index is 13.1. The van der Waals surface area contributed by atoms with Gasteiger partial charge in [0.2, 0.25) is 5.91 Å². The zero-order valence-electron chi connectivity index (χ0n) is 14.9. The molecule has 2 unspecified atom stereocenters. The second-order valence-corrected chi connectivity index (χ2v) is 8.31. The van der Waals surface area contributed by atoms with Crippen molar-refractivity contribution in [2.75, 3.05) is 6.61 Å². The predicted molar refractivity (Wildman–Crippen MR) is 94.7 cm³/mol. The molecule has 2 N–H and O–H groups in total. The van der Waals surface area contributed by atoms with Gasteiger partial charge in [0, 0.05) is 17.1 Å². The molecular formula is C19H20ClF3N2O3. The lowest BCUT2D eigenvalue weighted by Gasteiger charge is -2.23. The van der Waals surface area contributed by atoms with Crippen LogP contribution in [0.4, 0.5) is 13.2 Å². The summed E-state index contributed by atoms with van der Waals surface area (Å²) >= 11 is 5.79. The zero-order chi connectivity index (χ0) is 20.1. The summed E-state index contributed by atoms with van der Waals surface area (Å²) in [5.41, 5.74) is -2.20. The first-order valence-electron chi connectivity index (χ1n) is 9.25. The van der Waals surface area contributed by atoms with E-state index in [1.54, 1.807) is 24.3 Å². The summed E-state index contributed by atoms with van der Waals surface area (Å²) in [5, 5.41) is 6.03. The summed E-state index contributed by atoms with van der Waals surface area (Å²) in [7, 11) is 0. The van der Waals surface area contributed by atoms with Crippen molar-refractivity contribution in [2.45, 2.75) is 43.9 Å². The quantitative estimate of drug-likeness (QED) is 0.749. The molecule has 0 spiro atoms. The highest BCUT2D eigenvalue weighted by Crippen LogP contribution is 2.58. The van der Waals surface area contributed by atoms with Crippen LogP contribution in [0.3, 0.4) is 0 Å². The third kappa shape index (κ3) is 3.66. The van der Waals surface area contributed by atoms with Crippen LogP contribution in [0, 0.1) is 17.3 Å². The van der Waals surface area contributed by atoms with E-state index >= 15 is 0 Å². The maximum Gasteiger partial charge on any atom is 0.403 e. The topological polar surface area (TPSA) is 67.4 Å². The normalized spacial score (nSPS) is 29.6. The van der Waals surface area contributed by atoms with E-state index in [-0.39, 0.29) is 49.3 Å². The number of halogens is 4. The van der Waals surface area contributed by atoms with Gasteiger partial charge in [0.05, 0.1) is 0 Å². The summed E-state index contributed by atoms with van der Waals surface area (Å²) in [5.74, 6) is -0.371. The monoisotopic (exact) mass is 416 g/mol. The van der Waals surface area contributed by atoms with Crippen molar-refractivity contribution in [3.8, 4) is 5.75 Å². The molecule has 4 rings (SSSR count). The molecule has 0 radical (unpaired) electrons. The highest BCUT2D eigenvalue weighted by Gasteiger charge is 2.69. The summed E-state index contributed by atoms with van der Waals surface area (Å²) < 4.78 is 44.7. The van der Waals surface area contributed by atoms with Gasteiger partial charge in [-0.25, -0.2) is 0 Å². The van der Waals surface area contributed by atoms with Crippen LogP contribution in [-0.2, 0) is 9.59 Å². The van der Waals surface area contributed by atoms with E-state index in [2.05, 4.69) is 10.6 Å². The Labute approximate surface area is 164 Å². The number of rotatable bonds is 6. The molecule has 3 aliphatic rings. The lowest BCUT2D eigenvalue weighted by atomic mass is 10.0. The highest BCUT2D eigenvalue weighted by molar-refractivity contribution is 6.30. The number of benzene rings is 1. The molecule has 2 amide bonds. The molecule has 0 aliphatic heterocycles. The third-order valence-electron chi connectivity index (χ3n) is 6.01. The van der Waals surface area contributed by atoms with Gasteiger partial charge in [-0.05, 0) is 61.8 Å². The minimum Gasteiger partial charge on any atom is -0.484 e. The van der Waals surface area contributed by atoms with E-state index < -0.39 is 17.5 Å². The maximum absolute atomic E-state index is 13.1. The molecule has 3 fully saturated rings. The second kappa shape index (κ2) is 6.83. The SMILES string of the molecule is O=C(COc1ccc(Cl)cc1)N[C@H]1C[C@@H](NC(=O)C2(C(F)(F)F)CC2)C2CC21. The van der Waals surface area contributed by atoms with Crippen molar-refractivity contribution < 1.29 is 27.5 Å². The fraction of sp³-hybridized carbons (Fsp3) is 0.579. The van der Waals surface area contributed by atoms with Gasteiger partial charge in [0.25, 0.3) is 5.91 Å². The minimum atomic E-state index is -4.51. The average Bonchev–Trinajstić information content (AvgIpc) is 3.52. The smallest absolute Gasteiger partial charge is 0.403 e. The molecule has 9 heteroatoms. The molecule has 0 heterocycles. The van der Waals surface area contributed by atoms with Gasteiger partial charge in [0.15, 0.2) is 6.61 Å². The van der Waals surface area contributed by atoms with Crippen LogP contribution in [0.15, 0.2) is 24.3 Å². The van der Waals surface area contributed by atoms with Crippen LogP contribution in [0.25, 0.3) is 0 Å². The number of hydrogen-bond acceptors (Lipinski definition) is 3. The van der Waals surface area contributed by atoms with Crippen molar-refractivity contribution in [1.82, 2.24) is 10.6 Å².